The minimum atomic E-state index is -0.517. The Labute approximate surface area is 119 Å². The van der Waals surface area contributed by atoms with Gasteiger partial charge in [0.15, 0.2) is 0 Å². The molecule has 2 aliphatic carbocycles. The summed E-state index contributed by atoms with van der Waals surface area (Å²) >= 11 is 0. The fourth-order valence-electron chi connectivity index (χ4n) is 3.11. The Bertz CT molecular complexity index is 553. The maximum atomic E-state index is 9.02. The van der Waals surface area contributed by atoms with E-state index >= 15 is 0 Å². The molecule has 20 heavy (non-hydrogen) atoms. The second kappa shape index (κ2) is 6.18. The lowest BCUT2D eigenvalue weighted by molar-refractivity contribution is 0.326. The summed E-state index contributed by atoms with van der Waals surface area (Å²) in [5, 5.41) is 34.3. The van der Waals surface area contributed by atoms with Gasteiger partial charge in [0, 0.05) is 12.1 Å². The molecule has 0 aromatic rings. The van der Waals surface area contributed by atoms with E-state index in [0.717, 1.165) is 19.3 Å². The number of hydrogen-bond acceptors (Lipinski definition) is 4. The van der Waals surface area contributed by atoms with E-state index in [0.29, 0.717) is 5.92 Å². The van der Waals surface area contributed by atoms with Gasteiger partial charge in [-0.15, -0.1) is 0 Å². The van der Waals surface area contributed by atoms with Gasteiger partial charge in [-0.2, -0.15) is 15.8 Å². The molecule has 4 nitrogen and oxygen atoms in total. The molecule has 0 radical (unpaired) electrons. The van der Waals surface area contributed by atoms with E-state index in [1.54, 1.807) is 0 Å². The van der Waals surface area contributed by atoms with E-state index in [2.05, 4.69) is 30.4 Å². The molecule has 1 saturated carbocycles. The molecule has 1 N–H and O–H groups in total. The highest BCUT2D eigenvalue weighted by molar-refractivity contribution is 5.62. The Morgan fingerprint density at radius 1 is 1.20 bits per heavy atom. The van der Waals surface area contributed by atoms with Crippen LogP contribution in [0.15, 0.2) is 23.8 Å². The van der Waals surface area contributed by atoms with Crippen LogP contribution in [0.3, 0.4) is 0 Å². The van der Waals surface area contributed by atoms with Crippen LogP contribution < -0.4 is 0 Å². The molecule has 0 heterocycles. The fourth-order valence-corrected chi connectivity index (χ4v) is 3.11. The lowest BCUT2D eigenvalue weighted by Crippen LogP contribution is -2.25. The number of nitriles is 3. The normalized spacial score (nSPS) is 29.3. The Morgan fingerprint density at radius 2 is 1.95 bits per heavy atom. The number of hydrogen-bond donors (Lipinski definition) is 1. The van der Waals surface area contributed by atoms with Gasteiger partial charge in [-0.05, 0) is 31.1 Å². The van der Waals surface area contributed by atoms with Crippen molar-refractivity contribution in [1.82, 2.24) is 0 Å². The summed E-state index contributed by atoms with van der Waals surface area (Å²) in [6.07, 6.45) is 9.95. The van der Waals surface area contributed by atoms with Crippen molar-refractivity contribution in [2.75, 3.05) is 0 Å². The van der Waals surface area contributed by atoms with Crippen LogP contribution in [0.5, 0.6) is 0 Å². The molecule has 2 aliphatic rings. The largest absolute Gasteiger partial charge is 0.312 e. The van der Waals surface area contributed by atoms with Gasteiger partial charge in [-0.3, -0.25) is 0 Å². The summed E-state index contributed by atoms with van der Waals surface area (Å²) < 4.78 is 0. The molecule has 100 valence electrons. The highest BCUT2D eigenvalue weighted by Crippen LogP contribution is 2.41. The Kier molecular flexibility index (Phi) is 4.34. The van der Waals surface area contributed by atoms with Gasteiger partial charge in [-0.1, -0.05) is 23.8 Å². The number of nitrogens with one attached hydrogen (secondary N) is 1. The lowest BCUT2D eigenvalue weighted by atomic mass is 9.70. The summed E-state index contributed by atoms with van der Waals surface area (Å²) in [6.45, 7) is 0. The van der Waals surface area contributed by atoms with Crippen LogP contribution in [0, 0.1) is 69.0 Å². The second-order valence-electron chi connectivity index (χ2n) is 5.40. The lowest BCUT2D eigenvalue weighted by Gasteiger charge is -2.33. The fraction of sp³-hybridized carbons (Fsp3) is 0.500. The molecular formula is C16H16N4. The van der Waals surface area contributed by atoms with Gasteiger partial charge in [-0.25, -0.2) is 0 Å². The average molecular weight is 264 g/mol. The van der Waals surface area contributed by atoms with Crippen molar-refractivity contribution in [3.05, 3.63) is 23.8 Å². The molecule has 0 saturated heterocycles. The number of fused-ring (bicyclic) bond motifs is 1. The highest BCUT2D eigenvalue weighted by atomic mass is 14.4. The highest BCUT2D eigenvalue weighted by Gasteiger charge is 2.32. The molecule has 1 fully saturated rings. The number of allylic oxidation sites excluding steroid dienone is 4. The third-order valence-corrected chi connectivity index (χ3v) is 4.30. The summed E-state index contributed by atoms with van der Waals surface area (Å²) in [5.41, 5.74) is 1.30. The maximum absolute atomic E-state index is 9.02. The van der Waals surface area contributed by atoms with E-state index in [9.17, 15) is 0 Å². The van der Waals surface area contributed by atoms with Crippen LogP contribution in [0.4, 0.5) is 0 Å². The molecule has 0 amide bonds. The summed E-state index contributed by atoms with van der Waals surface area (Å²) in [6, 6.07) is 6.31. The van der Waals surface area contributed by atoms with E-state index in [1.165, 1.54) is 11.8 Å². The first-order valence-corrected chi connectivity index (χ1v) is 6.81. The second-order valence-corrected chi connectivity index (χ2v) is 5.40. The number of nitrogens with zero attached hydrogens (tertiary/aromatic N) is 3. The van der Waals surface area contributed by atoms with Gasteiger partial charge < -0.3 is 5.41 Å². The quantitative estimate of drug-likeness (QED) is 0.627. The topological polar surface area (TPSA) is 95.2 Å². The molecule has 0 spiro atoms. The Balaban J connectivity index is 2.10. The first-order chi connectivity index (χ1) is 9.73. The third-order valence-electron chi connectivity index (χ3n) is 4.30. The third kappa shape index (κ3) is 2.63. The Morgan fingerprint density at radius 3 is 2.55 bits per heavy atom. The smallest absolute Gasteiger partial charge is 0.136 e. The molecule has 0 aromatic heterocycles. The summed E-state index contributed by atoms with van der Waals surface area (Å²) in [7, 11) is 0. The van der Waals surface area contributed by atoms with Crippen LogP contribution in [0.1, 0.15) is 19.3 Å². The van der Waals surface area contributed by atoms with Gasteiger partial charge in [0.1, 0.15) is 5.92 Å². The monoisotopic (exact) mass is 264 g/mol. The van der Waals surface area contributed by atoms with E-state index < -0.39 is 11.8 Å². The molecular weight excluding hydrogens is 248 g/mol. The van der Waals surface area contributed by atoms with Crippen LogP contribution in [-0.2, 0) is 0 Å². The van der Waals surface area contributed by atoms with E-state index in [4.69, 9.17) is 21.2 Å². The van der Waals surface area contributed by atoms with Gasteiger partial charge in [0.2, 0.25) is 0 Å². The van der Waals surface area contributed by atoms with Crippen LogP contribution in [0.25, 0.3) is 0 Å². The van der Waals surface area contributed by atoms with E-state index in [-0.39, 0.29) is 11.8 Å². The molecule has 0 bridgehead atoms. The molecule has 0 aliphatic heterocycles. The van der Waals surface area contributed by atoms with Gasteiger partial charge >= 0.3 is 0 Å². The summed E-state index contributed by atoms with van der Waals surface area (Å²) in [4.78, 5) is 0. The molecule has 4 unspecified atom stereocenters. The molecule has 4 heteroatoms. The van der Waals surface area contributed by atoms with Crippen molar-refractivity contribution in [3.8, 4) is 18.2 Å². The number of rotatable bonds is 3. The average Bonchev–Trinajstić information content (AvgIpc) is 2.49. The minimum absolute atomic E-state index is 0.0111. The van der Waals surface area contributed by atoms with Gasteiger partial charge in [0.05, 0.1) is 24.1 Å². The van der Waals surface area contributed by atoms with E-state index in [1.807, 2.05) is 6.08 Å². The van der Waals surface area contributed by atoms with Crippen molar-refractivity contribution < 1.29 is 0 Å². The molecule has 0 aromatic carbocycles. The zero-order valence-electron chi connectivity index (χ0n) is 11.2. The van der Waals surface area contributed by atoms with Crippen LogP contribution in [0.2, 0.25) is 0 Å². The maximum Gasteiger partial charge on any atom is 0.136 e. The van der Waals surface area contributed by atoms with Gasteiger partial charge in [0.25, 0.3) is 0 Å². The standard InChI is InChI=1S/C16H16N4/c17-7-15(8-18)13-3-1-11-5-14(16(9-19)10-20)4-2-12(11)6-13/h1,3,6-7,11,13-17H,2,4-5H2. The molecule has 4 atom stereocenters. The zero-order valence-corrected chi connectivity index (χ0v) is 11.2. The van der Waals surface area contributed by atoms with Crippen molar-refractivity contribution in [3.63, 3.8) is 0 Å². The van der Waals surface area contributed by atoms with Crippen LogP contribution in [-0.4, -0.2) is 6.21 Å². The van der Waals surface area contributed by atoms with Crippen molar-refractivity contribution in [1.29, 1.82) is 21.2 Å². The SMILES string of the molecule is N#CC(C#N)C1CCC2=CC(C(C#N)C=N)C=CC2C1. The van der Waals surface area contributed by atoms with Crippen molar-refractivity contribution >= 4 is 6.21 Å². The van der Waals surface area contributed by atoms with Crippen molar-refractivity contribution in [2.45, 2.75) is 19.3 Å². The predicted octanol–water partition coefficient (Wildman–Crippen LogP) is 2.97. The zero-order chi connectivity index (χ0) is 14.5. The first-order valence-electron chi connectivity index (χ1n) is 6.81. The Hall–Kier alpha value is -2.38. The first kappa shape index (κ1) is 14.0. The minimum Gasteiger partial charge on any atom is -0.312 e. The predicted molar refractivity (Wildman–Crippen MR) is 74.1 cm³/mol. The molecule has 2 rings (SSSR count). The van der Waals surface area contributed by atoms with Crippen molar-refractivity contribution in [2.24, 2.45) is 29.6 Å². The summed E-state index contributed by atoms with van der Waals surface area (Å²) in [5.74, 6) is -0.496. The van der Waals surface area contributed by atoms with Crippen LogP contribution >= 0.6 is 0 Å².